The molecule has 0 spiro atoms. The van der Waals surface area contributed by atoms with E-state index in [9.17, 15) is 4.79 Å². The molecule has 2 atom stereocenters. The molecule has 1 fully saturated rings. The van der Waals surface area contributed by atoms with E-state index in [2.05, 4.69) is 17.1 Å². The predicted molar refractivity (Wildman–Crippen MR) is 56.9 cm³/mol. The van der Waals surface area contributed by atoms with Gasteiger partial charge in [-0.15, -0.1) is 0 Å². The molecule has 1 amide bonds. The molecule has 0 aromatic heterocycles. The summed E-state index contributed by atoms with van der Waals surface area (Å²) in [5.74, 6) is 0.141. The largest absolute Gasteiger partial charge is 0.351 e. The minimum Gasteiger partial charge on any atom is -0.351 e. The zero-order chi connectivity index (χ0) is 10.6. The van der Waals surface area contributed by atoms with Gasteiger partial charge in [0.25, 0.3) is 0 Å². The van der Waals surface area contributed by atoms with E-state index in [1.165, 1.54) is 0 Å². The summed E-state index contributed by atoms with van der Waals surface area (Å²) in [6.07, 6.45) is 1.85. The minimum atomic E-state index is -0.00356. The van der Waals surface area contributed by atoms with Crippen LogP contribution in [0.25, 0.3) is 0 Å². The molecule has 0 aliphatic carbocycles. The maximum Gasteiger partial charge on any atom is 0.237 e. The molecule has 1 saturated heterocycles. The molecule has 4 nitrogen and oxygen atoms in total. The van der Waals surface area contributed by atoms with Crippen molar-refractivity contribution >= 4 is 5.91 Å². The first-order valence-electron chi connectivity index (χ1n) is 5.43. The van der Waals surface area contributed by atoms with Gasteiger partial charge in [-0.05, 0) is 32.9 Å². The lowest BCUT2D eigenvalue weighted by Gasteiger charge is -2.38. The van der Waals surface area contributed by atoms with E-state index in [-0.39, 0.29) is 18.0 Å². The Balaban J connectivity index is 2.60. The number of carbonyl (C=O) groups is 1. The molecule has 4 heteroatoms. The summed E-state index contributed by atoms with van der Waals surface area (Å²) in [5, 5.41) is 2.97. The van der Waals surface area contributed by atoms with Gasteiger partial charge < -0.3 is 11.1 Å². The van der Waals surface area contributed by atoms with Crippen molar-refractivity contribution in [2.75, 3.05) is 19.6 Å². The molecular weight excluding hydrogens is 178 g/mol. The number of carbonyl (C=O) groups excluding carboxylic acids is 1. The summed E-state index contributed by atoms with van der Waals surface area (Å²) in [4.78, 5) is 13.9. The molecule has 0 aromatic carbocycles. The normalized spacial score (nSPS) is 28.9. The third kappa shape index (κ3) is 2.69. The Labute approximate surface area is 85.8 Å². The van der Waals surface area contributed by atoms with Crippen molar-refractivity contribution in [2.45, 2.75) is 38.8 Å². The highest BCUT2D eigenvalue weighted by Crippen LogP contribution is 2.11. The maximum atomic E-state index is 11.7. The van der Waals surface area contributed by atoms with Gasteiger partial charge in [0, 0.05) is 12.6 Å². The number of hydrogen-bond donors (Lipinski definition) is 2. The Hall–Kier alpha value is -0.610. The number of piperazine rings is 1. The van der Waals surface area contributed by atoms with E-state index in [4.69, 9.17) is 5.73 Å². The minimum absolute atomic E-state index is 0.00356. The Morgan fingerprint density at radius 2 is 2.36 bits per heavy atom. The van der Waals surface area contributed by atoms with E-state index >= 15 is 0 Å². The van der Waals surface area contributed by atoms with Crippen LogP contribution in [0, 0.1) is 0 Å². The van der Waals surface area contributed by atoms with Gasteiger partial charge in [0.05, 0.1) is 6.04 Å². The van der Waals surface area contributed by atoms with Crippen molar-refractivity contribution in [3.63, 3.8) is 0 Å². The van der Waals surface area contributed by atoms with Crippen LogP contribution in [0.4, 0.5) is 0 Å². The van der Waals surface area contributed by atoms with E-state index in [1.54, 1.807) is 0 Å². The predicted octanol–water partition coefficient (Wildman–Crippen LogP) is -0.0659. The second-order valence-corrected chi connectivity index (χ2v) is 4.00. The van der Waals surface area contributed by atoms with Gasteiger partial charge in [0.1, 0.15) is 0 Å². The Bertz CT molecular complexity index is 196. The Morgan fingerprint density at radius 3 is 2.93 bits per heavy atom. The molecule has 1 rings (SSSR count). The first kappa shape index (κ1) is 11.5. The second kappa shape index (κ2) is 5.32. The van der Waals surface area contributed by atoms with E-state index < -0.39 is 0 Å². The Kier molecular flexibility index (Phi) is 4.35. The van der Waals surface area contributed by atoms with Crippen molar-refractivity contribution in [1.82, 2.24) is 10.2 Å². The topological polar surface area (TPSA) is 58.4 Å². The highest BCUT2D eigenvalue weighted by Gasteiger charge is 2.31. The number of rotatable bonds is 4. The molecule has 82 valence electrons. The summed E-state index contributed by atoms with van der Waals surface area (Å²) >= 11 is 0. The summed E-state index contributed by atoms with van der Waals surface area (Å²) in [5.41, 5.74) is 5.51. The van der Waals surface area contributed by atoms with Crippen LogP contribution in [0.1, 0.15) is 26.7 Å². The van der Waals surface area contributed by atoms with Gasteiger partial charge in [0.15, 0.2) is 0 Å². The van der Waals surface area contributed by atoms with Crippen LogP contribution in [0.2, 0.25) is 0 Å². The molecule has 14 heavy (non-hydrogen) atoms. The van der Waals surface area contributed by atoms with Crippen LogP contribution in [-0.4, -0.2) is 42.5 Å². The van der Waals surface area contributed by atoms with E-state index in [1.807, 2.05) is 6.92 Å². The summed E-state index contributed by atoms with van der Waals surface area (Å²) in [6, 6.07) is 0.263. The average molecular weight is 199 g/mol. The van der Waals surface area contributed by atoms with Crippen molar-refractivity contribution in [3.05, 3.63) is 0 Å². The van der Waals surface area contributed by atoms with Crippen LogP contribution in [-0.2, 0) is 4.79 Å². The Morgan fingerprint density at radius 1 is 1.64 bits per heavy atom. The molecule has 1 heterocycles. The lowest BCUT2D eigenvalue weighted by atomic mass is 10.1. The molecule has 2 unspecified atom stereocenters. The summed E-state index contributed by atoms with van der Waals surface area (Å²) in [6.45, 7) is 6.69. The smallest absolute Gasteiger partial charge is 0.237 e. The highest BCUT2D eigenvalue weighted by atomic mass is 16.2. The molecule has 3 N–H and O–H groups in total. The number of hydrogen-bond acceptors (Lipinski definition) is 3. The van der Waals surface area contributed by atoms with Gasteiger partial charge in [-0.3, -0.25) is 9.69 Å². The fourth-order valence-electron chi connectivity index (χ4n) is 2.04. The molecule has 0 aromatic rings. The van der Waals surface area contributed by atoms with Crippen molar-refractivity contribution in [3.8, 4) is 0 Å². The number of nitrogens with zero attached hydrogens (tertiary/aromatic N) is 1. The number of nitrogens with one attached hydrogen (secondary N) is 1. The van der Waals surface area contributed by atoms with E-state index in [0.717, 1.165) is 25.9 Å². The van der Waals surface area contributed by atoms with Crippen LogP contribution in [0.15, 0.2) is 0 Å². The van der Waals surface area contributed by atoms with Crippen molar-refractivity contribution < 1.29 is 4.79 Å². The van der Waals surface area contributed by atoms with Gasteiger partial charge >= 0.3 is 0 Å². The fraction of sp³-hybridized carbons (Fsp3) is 0.900. The van der Waals surface area contributed by atoms with E-state index in [0.29, 0.717) is 6.54 Å². The fourth-order valence-corrected chi connectivity index (χ4v) is 2.04. The zero-order valence-electron chi connectivity index (χ0n) is 9.12. The maximum absolute atomic E-state index is 11.7. The van der Waals surface area contributed by atoms with Gasteiger partial charge in [-0.2, -0.15) is 0 Å². The number of nitrogens with two attached hydrogens (primary N) is 1. The second-order valence-electron chi connectivity index (χ2n) is 4.00. The van der Waals surface area contributed by atoms with Gasteiger partial charge in [-0.1, -0.05) is 6.92 Å². The molecule has 0 saturated carbocycles. The lowest BCUT2D eigenvalue weighted by molar-refractivity contribution is -0.130. The summed E-state index contributed by atoms with van der Waals surface area (Å²) in [7, 11) is 0. The zero-order valence-corrected chi connectivity index (χ0v) is 9.12. The molecule has 1 aliphatic rings. The highest BCUT2D eigenvalue weighted by molar-refractivity contribution is 5.82. The average Bonchev–Trinajstić information content (AvgIpc) is 2.11. The lowest BCUT2D eigenvalue weighted by Crippen LogP contribution is -2.59. The third-order valence-corrected chi connectivity index (χ3v) is 2.59. The summed E-state index contributed by atoms with van der Waals surface area (Å²) < 4.78 is 0. The first-order chi connectivity index (χ1) is 6.69. The molecule has 0 radical (unpaired) electrons. The molecular formula is C10H21N3O. The SMILES string of the molecule is CCCN1CC(C)NC(=O)C1CCN. The standard InChI is InChI=1S/C10H21N3O/c1-3-6-13-7-8(2)12-10(14)9(13)4-5-11/h8-9H,3-7,11H2,1-2H3,(H,12,14). The van der Waals surface area contributed by atoms with Gasteiger partial charge in [0.2, 0.25) is 5.91 Å². The monoisotopic (exact) mass is 199 g/mol. The molecule has 1 aliphatic heterocycles. The first-order valence-corrected chi connectivity index (χ1v) is 5.43. The number of amides is 1. The molecule has 0 bridgehead atoms. The van der Waals surface area contributed by atoms with Crippen molar-refractivity contribution in [1.29, 1.82) is 0 Å². The van der Waals surface area contributed by atoms with Crippen LogP contribution in [0.3, 0.4) is 0 Å². The van der Waals surface area contributed by atoms with Gasteiger partial charge in [-0.25, -0.2) is 0 Å². The van der Waals surface area contributed by atoms with Crippen molar-refractivity contribution in [2.24, 2.45) is 5.73 Å². The van der Waals surface area contributed by atoms with Crippen LogP contribution >= 0.6 is 0 Å². The quantitative estimate of drug-likeness (QED) is 0.666. The third-order valence-electron chi connectivity index (χ3n) is 2.59. The van der Waals surface area contributed by atoms with Crippen LogP contribution in [0.5, 0.6) is 0 Å². The van der Waals surface area contributed by atoms with Crippen LogP contribution < -0.4 is 11.1 Å².